The first-order valence-electron chi connectivity index (χ1n) is 11.2. The molecule has 36 heavy (non-hydrogen) atoms. The fourth-order valence-electron chi connectivity index (χ4n) is 2.93. The highest BCUT2D eigenvalue weighted by molar-refractivity contribution is 6.53. The molecule has 0 spiro atoms. The molecule has 0 bridgehead atoms. The van der Waals surface area contributed by atoms with Gasteiger partial charge < -0.3 is 20.7 Å². The number of nitrogens with two attached hydrogens (primary N) is 1. The third-order valence-electron chi connectivity index (χ3n) is 4.45. The van der Waals surface area contributed by atoms with E-state index in [2.05, 4.69) is 39.5 Å². The number of nitrogen functional groups attached to an aromatic ring is 1. The Morgan fingerprint density at radius 2 is 1.72 bits per heavy atom. The van der Waals surface area contributed by atoms with Gasteiger partial charge in [0.25, 0.3) is 5.91 Å². The molecule has 0 fully saturated rings. The summed E-state index contributed by atoms with van der Waals surface area (Å²) >= 11 is 10.8. The first-order valence-corrected chi connectivity index (χ1v) is 12.1. The maximum absolute atomic E-state index is 14.0. The topological polar surface area (TPSA) is 106 Å². The van der Waals surface area contributed by atoms with Crippen molar-refractivity contribution < 1.29 is 13.9 Å². The number of halogens is 3. The molecule has 1 aromatic heterocycles. The lowest BCUT2D eigenvalue weighted by Gasteiger charge is -2.19. The Morgan fingerprint density at radius 1 is 1.17 bits per heavy atom. The summed E-state index contributed by atoms with van der Waals surface area (Å²) in [5.41, 5.74) is 6.23. The van der Waals surface area contributed by atoms with Crippen LogP contribution in [0.2, 0.25) is 0 Å². The summed E-state index contributed by atoms with van der Waals surface area (Å²) in [6.45, 7) is 17.0. The summed E-state index contributed by atoms with van der Waals surface area (Å²) in [5.74, 6) is 0.704. The van der Waals surface area contributed by atoms with Gasteiger partial charge in [-0.05, 0) is 57.9 Å². The van der Waals surface area contributed by atoms with Crippen molar-refractivity contribution >= 4 is 41.0 Å². The maximum Gasteiger partial charge on any atom is 0.256 e. The monoisotopic (exact) mass is 540 g/mol. The molecule has 1 aromatic carbocycles. The van der Waals surface area contributed by atoms with Crippen LogP contribution in [0.25, 0.3) is 0 Å². The Morgan fingerprint density at radius 3 is 2.19 bits per heavy atom. The molecule has 0 saturated heterocycles. The normalized spacial score (nSPS) is 11.7. The summed E-state index contributed by atoms with van der Waals surface area (Å²) in [6.07, 6.45) is 3.22. The van der Waals surface area contributed by atoms with Gasteiger partial charge in [-0.3, -0.25) is 4.79 Å². The minimum atomic E-state index is -1.69. The van der Waals surface area contributed by atoms with Gasteiger partial charge in [0, 0.05) is 13.1 Å². The number of amides is 1. The van der Waals surface area contributed by atoms with Crippen LogP contribution < -0.4 is 15.8 Å². The molecule has 2 aromatic rings. The van der Waals surface area contributed by atoms with Gasteiger partial charge in [-0.1, -0.05) is 41.4 Å². The lowest BCUT2D eigenvalue weighted by atomic mass is 10.1. The van der Waals surface area contributed by atoms with Crippen molar-refractivity contribution in [2.75, 3.05) is 30.7 Å². The van der Waals surface area contributed by atoms with E-state index < -0.39 is 10.5 Å². The predicted octanol–water partition coefficient (Wildman–Crippen LogP) is 5.15. The summed E-state index contributed by atoms with van der Waals surface area (Å²) in [7, 11) is 0. The van der Waals surface area contributed by atoms with E-state index in [1.165, 1.54) is 18.7 Å². The molecular formula is C25H35Cl2FN6O2. The minimum absolute atomic E-state index is 0.0000673. The molecule has 1 amide bonds. The van der Waals surface area contributed by atoms with E-state index in [4.69, 9.17) is 33.7 Å². The Kier molecular flexibility index (Phi) is 12.6. The second kappa shape index (κ2) is 14.6. The number of hydrogen-bond donors (Lipinski definition) is 2. The number of alkyl halides is 3. The van der Waals surface area contributed by atoms with Crippen molar-refractivity contribution in [1.82, 2.24) is 19.9 Å². The number of carbonyl (C=O) groups excluding carboxylic acids is 1. The molecule has 0 aliphatic heterocycles. The second-order valence-corrected chi connectivity index (χ2v) is 9.71. The molecule has 198 valence electrons. The number of carbonyl (C=O) groups is 1. The van der Waals surface area contributed by atoms with Crippen LogP contribution in [0.5, 0.6) is 5.75 Å². The van der Waals surface area contributed by atoms with E-state index in [1.807, 2.05) is 32.9 Å². The number of nitrogens with one attached hydrogen (secondary N) is 1. The molecule has 1 heterocycles. The highest BCUT2D eigenvalue weighted by Gasteiger charge is 2.24. The van der Waals surface area contributed by atoms with Gasteiger partial charge in [-0.15, -0.1) is 13.2 Å². The number of ether oxygens (including phenoxy) is 1. The molecule has 11 heteroatoms. The van der Waals surface area contributed by atoms with Crippen LogP contribution in [0.15, 0.2) is 43.5 Å². The Bertz CT molecular complexity index is 1000. The van der Waals surface area contributed by atoms with E-state index in [9.17, 15) is 9.18 Å². The summed E-state index contributed by atoms with van der Waals surface area (Å²) in [5, 5.41) is 3.06. The zero-order valence-electron chi connectivity index (χ0n) is 21.4. The summed E-state index contributed by atoms with van der Waals surface area (Å²) in [4.78, 5) is 23.6. The maximum atomic E-state index is 14.0. The van der Waals surface area contributed by atoms with Crippen LogP contribution in [-0.2, 0) is 10.5 Å². The van der Waals surface area contributed by atoms with E-state index >= 15 is 0 Å². The molecule has 8 nitrogen and oxygen atoms in total. The van der Waals surface area contributed by atoms with Gasteiger partial charge in [0.2, 0.25) is 11.9 Å². The van der Waals surface area contributed by atoms with E-state index in [1.54, 1.807) is 12.2 Å². The summed E-state index contributed by atoms with van der Waals surface area (Å²) in [6, 6.07) is 5.94. The average molecular weight is 541 g/mol. The van der Waals surface area contributed by atoms with Crippen LogP contribution >= 0.6 is 23.2 Å². The fourth-order valence-corrected chi connectivity index (χ4v) is 3.20. The Balaban J connectivity index is 0.000000457. The lowest BCUT2D eigenvalue weighted by Crippen LogP contribution is -2.35. The predicted molar refractivity (Wildman–Crippen MR) is 145 cm³/mol. The number of nitrogens with zero attached hydrogens (tertiary/aromatic N) is 4. The lowest BCUT2D eigenvalue weighted by molar-refractivity contribution is -0.128. The molecule has 0 aliphatic carbocycles. The van der Waals surface area contributed by atoms with Crippen LogP contribution in [0, 0.1) is 13.8 Å². The van der Waals surface area contributed by atoms with Crippen molar-refractivity contribution in [1.29, 1.82) is 0 Å². The first-order chi connectivity index (χ1) is 16.8. The van der Waals surface area contributed by atoms with Crippen LogP contribution in [0.3, 0.4) is 0 Å². The second-order valence-electron chi connectivity index (χ2n) is 8.61. The minimum Gasteiger partial charge on any atom is -0.491 e. The Hall–Kier alpha value is -2.91. The fraction of sp³-hybridized carbons (Fsp3) is 0.440. The average Bonchev–Trinajstić information content (AvgIpc) is 2.76. The van der Waals surface area contributed by atoms with Gasteiger partial charge in [-0.2, -0.15) is 15.0 Å². The molecule has 0 aliphatic rings. The van der Waals surface area contributed by atoms with Gasteiger partial charge in [0.05, 0.1) is 6.04 Å². The highest BCUT2D eigenvalue weighted by atomic mass is 35.5. The third-order valence-corrected chi connectivity index (χ3v) is 4.83. The largest absolute Gasteiger partial charge is 0.491 e. The quantitative estimate of drug-likeness (QED) is 0.300. The molecule has 2 rings (SSSR count). The molecule has 3 N–H and O–H groups in total. The SMILES string of the molecule is C=CCN(CC=C)C(=O)C(Cl)Cl.Cc1cc(C)cc(OCC(C)Nc2nc(N)nc(C(C)(C)F)n2)c1. The summed E-state index contributed by atoms with van der Waals surface area (Å²) < 4.78 is 19.8. The van der Waals surface area contributed by atoms with E-state index in [-0.39, 0.29) is 29.7 Å². The van der Waals surface area contributed by atoms with Crippen molar-refractivity contribution in [2.24, 2.45) is 0 Å². The zero-order valence-corrected chi connectivity index (χ0v) is 22.9. The Labute approximate surface area is 222 Å². The number of aromatic nitrogens is 3. The number of benzene rings is 1. The van der Waals surface area contributed by atoms with Gasteiger partial charge >= 0.3 is 0 Å². The van der Waals surface area contributed by atoms with Crippen molar-refractivity contribution in [3.63, 3.8) is 0 Å². The first kappa shape index (κ1) is 31.1. The van der Waals surface area contributed by atoms with Crippen molar-refractivity contribution in [3.8, 4) is 5.75 Å². The third kappa shape index (κ3) is 11.2. The van der Waals surface area contributed by atoms with Gasteiger partial charge in [0.1, 0.15) is 12.4 Å². The highest BCUT2D eigenvalue weighted by Crippen LogP contribution is 2.22. The van der Waals surface area contributed by atoms with Crippen molar-refractivity contribution in [3.05, 3.63) is 60.5 Å². The van der Waals surface area contributed by atoms with Gasteiger partial charge in [0.15, 0.2) is 16.3 Å². The number of aryl methyl sites for hydroxylation is 2. The number of hydrogen-bond acceptors (Lipinski definition) is 7. The van der Waals surface area contributed by atoms with Crippen molar-refractivity contribution in [2.45, 2.75) is 51.2 Å². The molecule has 0 saturated carbocycles. The van der Waals surface area contributed by atoms with E-state index in [0.29, 0.717) is 19.7 Å². The smallest absolute Gasteiger partial charge is 0.256 e. The number of anilines is 2. The van der Waals surface area contributed by atoms with Crippen LogP contribution in [0.1, 0.15) is 37.7 Å². The molecule has 1 unspecified atom stereocenters. The van der Waals surface area contributed by atoms with Crippen LogP contribution in [0.4, 0.5) is 16.3 Å². The molecule has 0 radical (unpaired) electrons. The number of rotatable bonds is 11. The standard InChI is InChI=1S/C17H24FN5O.C8H11Cl2NO/c1-10-6-11(2)8-13(7-10)24-9-12(3)20-16-22-14(17(4,5)18)21-15(19)23-16;1-3-5-11(6-4-2)8(12)7(9)10/h6-8,12H,9H2,1-5H3,(H3,19,20,21,22,23);3-4,7H,1-2,5-6H2. The molecule has 1 atom stereocenters. The molecular weight excluding hydrogens is 506 g/mol. The zero-order chi connectivity index (χ0) is 27.5. The van der Waals surface area contributed by atoms with Gasteiger partial charge in [-0.25, -0.2) is 4.39 Å². The van der Waals surface area contributed by atoms with Crippen LogP contribution in [-0.4, -0.2) is 56.3 Å². The van der Waals surface area contributed by atoms with E-state index in [0.717, 1.165) is 16.9 Å².